The topological polar surface area (TPSA) is 52.6 Å². The monoisotopic (exact) mass is 304 g/mol. The first-order valence-corrected chi connectivity index (χ1v) is 7.56. The van der Waals surface area contributed by atoms with E-state index in [0.717, 1.165) is 11.1 Å². The molecule has 4 heteroatoms. The fourth-order valence-corrected chi connectivity index (χ4v) is 1.85. The summed E-state index contributed by atoms with van der Waals surface area (Å²) < 4.78 is 10.4. The number of esters is 2. The number of allylic oxidation sites excluding steroid dienone is 1. The highest BCUT2D eigenvalue weighted by atomic mass is 16.5. The molecule has 0 fully saturated rings. The van der Waals surface area contributed by atoms with E-state index in [1.807, 2.05) is 57.2 Å². The van der Waals surface area contributed by atoms with E-state index in [9.17, 15) is 9.59 Å². The molecule has 1 unspecified atom stereocenters. The lowest BCUT2D eigenvalue weighted by Crippen LogP contribution is -2.13. The van der Waals surface area contributed by atoms with E-state index in [1.165, 1.54) is 0 Å². The Balaban J connectivity index is 2.36. The molecule has 1 atom stereocenters. The summed E-state index contributed by atoms with van der Waals surface area (Å²) in [5.41, 5.74) is 2.05. The van der Waals surface area contributed by atoms with E-state index < -0.39 is 0 Å². The van der Waals surface area contributed by atoms with E-state index in [2.05, 4.69) is 0 Å². The van der Waals surface area contributed by atoms with Gasteiger partial charge in [0.2, 0.25) is 0 Å². The van der Waals surface area contributed by atoms with Gasteiger partial charge in [0.05, 0.1) is 12.8 Å². The highest BCUT2D eigenvalue weighted by Crippen LogP contribution is 2.21. The van der Waals surface area contributed by atoms with Crippen molar-refractivity contribution in [3.8, 4) is 0 Å². The number of carbonyl (C=O) groups is 2. The van der Waals surface area contributed by atoms with Crippen molar-refractivity contribution in [1.82, 2.24) is 0 Å². The number of benzene rings is 1. The first kappa shape index (κ1) is 18.0. The molecule has 0 aliphatic rings. The Labute approximate surface area is 132 Å². The Morgan fingerprint density at radius 2 is 1.73 bits per heavy atom. The Morgan fingerprint density at radius 1 is 1.09 bits per heavy atom. The molecule has 0 saturated carbocycles. The molecule has 0 radical (unpaired) electrons. The van der Waals surface area contributed by atoms with E-state index >= 15 is 0 Å². The van der Waals surface area contributed by atoms with Gasteiger partial charge in [0, 0.05) is 0 Å². The highest BCUT2D eigenvalue weighted by Gasteiger charge is 2.15. The summed E-state index contributed by atoms with van der Waals surface area (Å²) >= 11 is 0. The van der Waals surface area contributed by atoms with Gasteiger partial charge in [0.15, 0.2) is 0 Å². The summed E-state index contributed by atoms with van der Waals surface area (Å²) in [7, 11) is 0. The smallest absolute Gasteiger partial charge is 0.306 e. The van der Waals surface area contributed by atoms with E-state index in [4.69, 9.17) is 9.47 Å². The van der Waals surface area contributed by atoms with E-state index in [-0.39, 0.29) is 37.5 Å². The standard InChI is InChI=1S/C18H24O4/c1-4-16(15-8-6-5-7-9-15)22-18(20)11-10-17(19)21-13-12-14(2)3/h5-9,12,16H,4,10-11,13H2,1-3H3. The van der Waals surface area contributed by atoms with Crippen LogP contribution in [0.15, 0.2) is 42.0 Å². The Kier molecular flexibility index (Phi) is 7.97. The largest absolute Gasteiger partial charge is 0.461 e. The zero-order chi connectivity index (χ0) is 16.4. The quantitative estimate of drug-likeness (QED) is 0.538. The van der Waals surface area contributed by atoms with Crippen LogP contribution in [0.2, 0.25) is 0 Å². The van der Waals surface area contributed by atoms with E-state index in [0.29, 0.717) is 6.42 Å². The second-order valence-corrected chi connectivity index (χ2v) is 5.26. The maximum absolute atomic E-state index is 11.8. The molecule has 0 spiro atoms. The lowest BCUT2D eigenvalue weighted by Gasteiger charge is -2.16. The van der Waals surface area contributed by atoms with Gasteiger partial charge >= 0.3 is 11.9 Å². The normalized spacial score (nSPS) is 11.4. The Morgan fingerprint density at radius 3 is 2.32 bits per heavy atom. The molecule has 1 aromatic carbocycles. The number of ether oxygens (including phenoxy) is 2. The molecule has 0 heterocycles. The number of rotatable bonds is 8. The first-order chi connectivity index (χ1) is 10.5. The third kappa shape index (κ3) is 7.07. The van der Waals surface area contributed by atoms with Gasteiger partial charge in [0.1, 0.15) is 12.7 Å². The molecule has 22 heavy (non-hydrogen) atoms. The van der Waals surface area contributed by atoms with Crippen LogP contribution in [0.25, 0.3) is 0 Å². The summed E-state index contributed by atoms with van der Waals surface area (Å²) in [6.07, 6.45) is 2.33. The lowest BCUT2D eigenvalue weighted by atomic mass is 10.1. The van der Waals surface area contributed by atoms with Gasteiger partial charge in [-0.2, -0.15) is 0 Å². The summed E-state index contributed by atoms with van der Waals surface area (Å²) in [4.78, 5) is 23.3. The van der Waals surface area contributed by atoms with Gasteiger partial charge in [-0.1, -0.05) is 42.8 Å². The molecule has 0 amide bonds. The van der Waals surface area contributed by atoms with Crippen molar-refractivity contribution >= 4 is 11.9 Å². The summed E-state index contributed by atoms with van der Waals surface area (Å²) in [6, 6.07) is 9.59. The molecular weight excluding hydrogens is 280 g/mol. The van der Waals surface area contributed by atoms with Crippen molar-refractivity contribution < 1.29 is 19.1 Å². The van der Waals surface area contributed by atoms with Crippen LogP contribution in [0, 0.1) is 0 Å². The van der Waals surface area contributed by atoms with Gasteiger partial charge in [-0.05, 0) is 31.9 Å². The van der Waals surface area contributed by atoms with Crippen LogP contribution >= 0.6 is 0 Å². The predicted molar refractivity (Wildman–Crippen MR) is 85.2 cm³/mol. The van der Waals surface area contributed by atoms with Gasteiger partial charge in [-0.3, -0.25) is 9.59 Å². The van der Waals surface area contributed by atoms with Crippen LogP contribution in [0.4, 0.5) is 0 Å². The second kappa shape index (κ2) is 9.77. The van der Waals surface area contributed by atoms with Crippen LogP contribution in [0.1, 0.15) is 51.7 Å². The van der Waals surface area contributed by atoms with Crippen LogP contribution in [0.3, 0.4) is 0 Å². The average Bonchev–Trinajstić information content (AvgIpc) is 2.51. The van der Waals surface area contributed by atoms with Crippen molar-refractivity contribution in [1.29, 1.82) is 0 Å². The van der Waals surface area contributed by atoms with E-state index in [1.54, 1.807) is 0 Å². The molecule has 0 aliphatic heterocycles. The third-order valence-corrected chi connectivity index (χ3v) is 3.09. The summed E-state index contributed by atoms with van der Waals surface area (Å²) in [5, 5.41) is 0. The molecule has 1 aromatic rings. The second-order valence-electron chi connectivity index (χ2n) is 5.26. The van der Waals surface area contributed by atoms with Crippen molar-refractivity contribution in [3.63, 3.8) is 0 Å². The fraction of sp³-hybridized carbons (Fsp3) is 0.444. The highest BCUT2D eigenvalue weighted by molar-refractivity contribution is 5.77. The molecule has 4 nitrogen and oxygen atoms in total. The Bertz CT molecular complexity index is 501. The minimum atomic E-state index is -0.387. The molecule has 0 aliphatic carbocycles. The molecule has 0 saturated heterocycles. The third-order valence-electron chi connectivity index (χ3n) is 3.09. The predicted octanol–water partition coefficient (Wildman–Crippen LogP) is 3.97. The molecule has 0 N–H and O–H groups in total. The minimum Gasteiger partial charge on any atom is -0.461 e. The SMILES string of the molecule is CCC(OC(=O)CCC(=O)OCC=C(C)C)c1ccccc1. The van der Waals surface area contributed by atoms with Crippen LogP contribution in [-0.4, -0.2) is 18.5 Å². The van der Waals surface area contributed by atoms with Crippen molar-refractivity contribution in [3.05, 3.63) is 47.5 Å². The number of carbonyl (C=O) groups excluding carboxylic acids is 2. The maximum atomic E-state index is 11.8. The first-order valence-electron chi connectivity index (χ1n) is 7.56. The van der Waals surface area contributed by atoms with Crippen LogP contribution in [0.5, 0.6) is 0 Å². The van der Waals surface area contributed by atoms with Crippen molar-refractivity contribution in [2.75, 3.05) is 6.61 Å². The van der Waals surface area contributed by atoms with Gasteiger partial charge in [0.25, 0.3) is 0 Å². The maximum Gasteiger partial charge on any atom is 0.306 e. The zero-order valence-electron chi connectivity index (χ0n) is 13.5. The Hall–Kier alpha value is -2.10. The number of hydrogen-bond donors (Lipinski definition) is 0. The molecule has 0 bridgehead atoms. The van der Waals surface area contributed by atoms with Crippen LogP contribution < -0.4 is 0 Å². The molecule has 120 valence electrons. The minimum absolute atomic E-state index is 0.0387. The van der Waals surface area contributed by atoms with Crippen molar-refractivity contribution in [2.24, 2.45) is 0 Å². The van der Waals surface area contributed by atoms with Gasteiger partial charge < -0.3 is 9.47 Å². The summed E-state index contributed by atoms with van der Waals surface area (Å²) in [5.74, 6) is -0.767. The number of hydrogen-bond acceptors (Lipinski definition) is 4. The zero-order valence-corrected chi connectivity index (χ0v) is 13.5. The average molecular weight is 304 g/mol. The molecule has 0 aromatic heterocycles. The molecule has 1 rings (SSSR count). The lowest BCUT2D eigenvalue weighted by molar-refractivity contribution is -0.153. The fourth-order valence-electron chi connectivity index (χ4n) is 1.85. The van der Waals surface area contributed by atoms with Crippen molar-refractivity contribution in [2.45, 2.75) is 46.1 Å². The summed E-state index contributed by atoms with van der Waals surface area (Å²) in [6.45, 7) is 6.07. The van der Waals surface area contributed by atoms with Crippen LogP contribution in [-0.2, 0) is 19.1 Å². The van der Waals surface area contributed by atoms with Gasteiger partial charge in [-0.15, -0.1) is 0 Å². The molecular formula is C18H24O4. The van der Waals surface area contributed by atoms with Gasteiger partial charge in [-0.25, -0.2) is 0 Å².